The molecule has 0 saturated carbocycles. The van der Waals surface area contributed by atoms with E-state index in [-0.39, 0.29) is 16.2 Å². The monoisotopic (exact) mass is 335 g/mol. The molecule has 1 amide bonds. The van der Waals surface area contributed by atoms with Gasteiger partial charge >= 0.3 is 0 Å². The summed E-state index contributed by atoms with van der Waals surface area (Å²) in [6, 6.07) is 10.6. The molecule has 0 saturated heterocycles. The van der Waals surface area contributed by atoms with Gasteiger partial charge in [0, 0.05) is 16.8 Å². The molecule has 0 aliphatic heterocycles. The molecule has 0 aliphatic rings. The zero-order chi connectivity index (χ0) is 14.7. The number of anilines is 1. The Balaban J connectivity index is 2.21. The molecule has 0 spiro atoms. The van der Waals surface area contributed by atoms with Crippen molar-refractivity contribution in [2.75, 3.05) is 5.32 Å². The van der Waals surface area contributed by atoms with Gasteiger partial charge in [0.1, 0.15) is 5.82 Å². The van der Waals surface area contributed by atoms with Crippen LogP contribution in [0.5, 0.6) is 0 Å². The first-order valence-corrected chi connectivity index (χ1v) is 6.64. The van der Waals surface area contributed by atoms with Gasteiger partial charge in [-0.05, 0) is 53.2 Å². The zero-order valence-electron chi connectivity index (χ0n) is 10.6. The first-order valence-electron chi connectivity index (χ1n) is 5.85. The Morgan fingerprint density at radius 2 is 1.85 bits per heavy atom. The first kappa shape index (κ1) is 14.4. The van der Waals surface area contributed by atoms with Crippen molar-refractivity contribution in [2.24, 2.45) is 0 Å². The highest BCUT2D eigenvalue weighted by atomic mass is 79.9. The molecule has 0 bridgehead atoms. The summed E-state index contributed by atoms with van der Waals surface area (Å²) in [6.07, 6.45) is 0. The van der Waals surface area contributed by atoms with E-state index >= 15 is 0 Å². The highest BCUT2D eigenvalue weighted by Gasteiger charge is 2.09. The van der Waals surface area contributed by atoms with Crippen LogP contribution < -0.4 is 5.32 Å². The fourth-order valence-corrected chi connectivity index (χ4v) is 2.04. The molecule has 102 valence electrons. The number of halogens is 2. The zero-order valence-corrected chi connectivity index (χ0v) is 12.2. The Bertz CT molecular complexity index is 685. The molecule has 0 fully saturated rings. The van der Waals surface area contributed by atoms with Gasteiger partial charge in [0.15, 0.2) is 5.78 Å². The standard InChI is InChI=1S/C15H11BrFNO2/c1-9(19)10-3-2-4-12(7-10)18-15(20)11-5-6-14(17)13(16)8-11/h2-8H,1H3,(H,18,20). The lowest BCUT2D eigenvalue weighted by Crippen LogP contribution is -2.12. The molecule has 0 aromatic heterocycles. The van der Waals surface area contributed by atoms with Crippen LogP contribution in [0, 0.1) is 5.82 Å². The van der Waals surface area contributed by atoms with E-state index in [4.69, 9.17) is 0 Å². The van der Waals surface area contributed by atoms with Gasteiger partial charge in [-0.1, -0.05) is 12.1 Å². The Morgan fingerprint density at radius 3 is 2.50 bits per heavy atom. The molecule has 5 heteroatoms. The maximum absolute atomic E-state index is 13.1. The van der Waals surface area contributed by atoms with E-state index in [9.17, 15) is 14.0 Å². The minimum atomic E-state index is -0.430. The van der Waals surface area contributed by atoms with Crippen LogP contribution in [-0.4, -0.2) is 11.7 Å². The van der Waals surface area contributed by atoms with Crippen molar-refractivity contribution >= 4 is 33.3 Å². The Hall–Kier alpha value is -2.01. The number of benzene rings is 2. The Kier molecular flexibility index (Phi) is 4.29. The van der Waals surface area contributed by atoms with Gasteiger partial charge in [-0.2, -0.15) is 0 Å². The van der Waals surface area contributed by atoms with E-state index in [1.807, 2.05) is 0 Å². The Labute approximate surface area is 123 Å². The molecule has 0 heterocycles. The van der Waals surface area contributed by atoms with Gasteiger partial charge in [-0.25, -0.2) is 4.39 Å². The lowest BCUT2D eigenvalue weighted by Gasteiger charge is -2.07. The number of carbonyl (C=O) groups excluding carboxylic acids is 2. The largest absolute Gasteiger partial charge is 0.322 e. The molecule has 20 heavy (non-hydrogen) atoms. The third-order valence-electron chi connectivity index (χ3n) is 2.71. The van der Waals surface area contributed by atoms with E-state index in [1.165, 1.54) is 25.1 Å². The predicted molar refractivity (Wildman–Crippen MR) is 78.5 cm³/mol. The topological polar surface area (TPSA) is 46.2 Å². The molecule has 3 nitrogen and oxygen atoms in total. The SMILES string of the molecule is CC(=O)c1cccc(NC(=O)c2ccc(F)c(Br)c2)c1. The molecule has 0 aliphatic carbocycles. The van der Waals surface area contributed by atoms with Crippen LogP contribution in [-0.2, 0) is 0 Å². The van der Waals surface area contributed by atoms with Gasteiger partial charge in [0.25, 0.3) is 5.91 Å². The lowest BCUT2D eigenvalue weighted by molar-refractivity contribution is 0.101. The number of hydrogen-bond donors (Lipinski definition) is 1. The fraction of sp³-hybridized carbons (Fsp3) is 0.0667. The first-order chi connectivity index (χ1) is 9.47. The maximum Gasteiger partial charge on any atom is 0.255 e. The van der Waals surface area contributed by atoms with E-state index in [0.29, 0.717) is 16.8 Å². The predicted octanol–water partition coefficient (Wildman–Crippen LogP) is 4.04. The number of amides is 1. The summed E-state index contributed by atoms with van der Waals surface area (Å²) >= 11 is 3.03. The van der Waals surface area contributed by atoms with Crippen molar-refractivity contribution in [1.29, 1.82) is 0 Å². The van der Waals surface area contributed by atoms with Crippen LogP contribution in [0.15, 0.2) is 46.9 Å². The number of carbonyl (C=O) groups is 2. The third-order valence-corrected chi connectivity index (χ3v) is 3.32. The molecule has 0 radical (unpaired) electrons. The summed E-state index contributed by atoms with van der Waals surface area (Å²) in [5.74, 6) is -0.878. The molecular formula is C15H11BrFNO2. The van der Waals surface area contributed by atoms with Crippen LogP contribution >= 0.6 is 15.9 Å². The second-order valence-electron chi connectivity index (χ2n) is 4.22. The van der Waals surface area contributed by atoms with Gasteiger partial charge < -0.3 is 5.32 Å². The van der Waals surface area contributed by atoms with Crippen molar-refractivity contribution in [3.8, 4) is 0 Å². The van der Waals surface area contributed by atoms with Gasteiger partial charge in [-0.15, -0.1) is 0 Å². The summed E-state index contributed by atoms with van der Waals surface area (Å²) in [4.78, 5) is 23.3. The van der Waals surface area contributed by atoms with Crippen LogP contribution in [0.3, 0.4) is 0 Å². The molecule has 2 aromatic carbocycles. The molecule has 2 aromatic rings. The highest BCUT2D eigenvalue weighted by molar-refractivity contribution is 9.10. The normalized spacial score (nSPS) is 10.2. The molecule has 0 atom stereocenters. The quantitative estimate of drug-likeness (QED) is 0.860. The summed E-state index contributed by atoms with van der Waals surface area (Å²) in [5.41, 5.74) is 1.36. The average molecular weight is 336 g/mol. The van der Waals surface area contributed by atoms with E-state index in [0.717, 1.165) is 0 Å². The minimum Gasteiger partial charge on any atom is -0.322 e. The number of rotatable bonds is 3. The number of nitrogens with one attached hydrogen (secondary N) is 1. The van der Waals surface area contributed by atoms with Crippen molar-refractivity contribution in [1.82, 2.24) is 0 Å². The number of ketones is 1. The maximum atomic E-state index is 13.1. The molecule has 2 rings (SSSR count). The lowest BCUT2D eigenvalue weighted by atomic mass is 10.1. The van der Waals surface area contributed by atoms with E-state index < -0.39 is 5.82 Å². The molecule has 1 N–H and O–H groups in total. The van der Waals surface area contributed by atoms with Crippen LogP contribution in [0.2, 0.25) is 0 Å². The highest BCUT2D eigenvalue weighted by Crippen LogP contribution is 2.18. The summed E-state index contributed by atoms with van der Waals surface area (Å²) in [5, 5.41) is 2.67. The van der Waals surface area contributed by atoms with Gasteiger partial charge in [0.05, 0.1) is 4.47 Å². The van der Waals surface area contributed by atoms with E-state index in [1.54, 1.807) is 24.3 Å². The summed E-state index contributed by atoms with van der Waals surface area (Å²) < 4.78 is 13.3. The van der Waals surface area contributed by atoms with E-state index in [2.05, 4.69) is 21.2 Å². The minimum absolute atomic E-state index is 0.0781. The second kappa shape index (κ2) is 5.96. The van der Waals surface area contributed by atoms with Crippen molar-refractivity contribution in [2.45, 2.75) is 6.92 Å². The van der Waals surface area contributed by atoms with Crippen molar-refractivity contribution in [3.05, 3.63) is 63.9 Å². The summed E-state index contributed by atoms with van der Waals surface area (Å²) in [7, 11) is 0. The number of Topliss-reactive ketones (excluding diaryl/α,β-unsaturated/α-hetero) is 1. The summed E-state index contributed by atoms with van der Waals surface area (Å²) in [6.45, 7) is 1.46. The number of hydrogen-bond acceptors (Lipinski definition) is 2. The smallest absolute Gasteiger partial charge is 0.255 e. The van der Waals surface area contributed by atoms with Crippen molar-refractivity contribution in [3.63, 3.8) is 0 Å². The third kappa shape index (κ3) is 3.30. The average Bonchev–Trinajstić information content (AvgIpc) is 2.42. The van der Waals surface area contributed by atoms with Crippen LogP contribution in [0.1, 0.15) is 27.6 Å². The van der Waals surface area contributed by atoms with Gasteiger partial charge in [-0.3, -0.25) is 9.59 Å². The van der Waals surface area contributed by atoms with Crippen molar-refractivity contribution < 1.29 is 14.0 Å². The second-order valence-corrected chi connectivity index (χ2v) is 5.07. The molecule has 0 unspecified atom stereocenters. The fourth-order valence-electron chi connectivity index (χ4n) is 1.66. The Morgan fingerprint density at radius 1 is 1.10 bits per heavy atom. The van der Waals surface area contributed by atoms with Crippen LogP contribution in [0.4, 0.5) is 10.1 Å². The molecular weight excluding hydrogens is 325 g/mol. The van der Waals surface area contributed by atoms with Gasteiger partial charge in [0.2, 0.25) is 0 Å². The van der Waals surface area contributed by atoms with Crippen LogP contribution in [0.25, 0.3) is 0 Å².